The molecule has 0 aromatic heterocycles. The molecule has 1 N–H and O–H groups in total. The Kier molecular flexibility index (Phi) is 3.77. The largest absolute Gasteiger partial charge is 0.396 e. The Morgan fingerprint density at radius 1 is 1.57 bits per heavy atom. The summed E-state index contributed by atoms with van der Waals surface area (Å²) in [5.41, 5.74) is 1.92. The predicted octanol–water partition coefficient (Wildman–Crippen LogP) is 3.39. The van der Waals surface area contributed by atoms with Crippen LogP contribution in [0.25, 0.3) is 0 Å². The summed E-state index contributed by atoms with van der Waals surface area (Å²) in [6, 6.07) is 0. The Balaban J connectivity index is 2.41. The van der Waals surface area contributed by atoms with Crippen LogP contribution in [0.2, 0.25) is 0 Å². The second-order valence-electron chi connectivity index (χ2n) is 5.41. The van der Waals surface area contributed by atoms with Gasteiger partial charge in [-0.15, -0.1) is 0 Å². The number of aliphatic hydroxyl groups excluding tert-OH is 1. The smallest absolute Gasteiger partial charge is 0.0456 e. The van der Waals surface area contributed by atoms with Crippen molar-refractivity contribution in [1.82, 2.24) is 0 Å². The quantitative estimate of drug-likeness (QED) is 0.683. The number of hydrogen-bond acceptors (Lipinski definition) is 1. The number of aliphatic hydroxyl groups is 1. The summed E-state index contributed by atoms with van der Waals surface area (Å²) < 4.78 is 0. The molecule has 0 saturated heterocycles. The van der Waals surface area contributed by atoms with Crippen LogP contribution >= 0.6 is 0 Å². The Morgan fingerprint density at radius 3 is 2.64 bits per heavy atom. The van der Waals surface area contributed by atoms with Crippen molar-refractivity contribution in [3.8, 4) is 0 Å². The van der Waals surface area contributed by atoms with Crippen molar-refractivity contribution in [3.63, 3.8) is 0 Å². The van der Waals surface area contributed by atoms with E-state index in [4.69, 9.17) is 5.11 Å². The van der Waals surface area contributed by atoms with Gasteiger partial charge in [-0.1, -0.05) is 32.4 Å². The fourth-order valence-electron chi connectivity index (χ4n) is 2.25. The highest BCUT2D eigenvalue weighted by molar-refractivity contribution is 5.18. The lowest BCUT2D eigenvalue weighted by atomic mass is 9.75. The third-order valence-corrected chi connectivity index (χ3v) is 4.07. The van der Waals surface area contributed by atoms with E-state index in [-0.39, 0.29) is 0 Å². The predicted molar refractivity (Wildman–Crippen MR) is 61.1 cm³/mol. The lowest BCUT2D eigenvalue weighted by molar-refractivity contribution is 0.202. The number of rotatable bonds is 4. The zero-order chi connectivity index (χ0) is 10.8. The van der Waals surface area contributed by atoms with Gasteiger partial charge in [-0.2, -0.15) is 0 Å². The monoisotopic (exact) mass is 196 g/mol. The summed E-state index contributed by atoms with van der Waals surface area (Å²) in [6.07, 6.45) is 6.03. The highest BCUT2D eigenvalue weighted by Gasteiger charge is 2.34. The molecule has 0 bridgehead atoms. The van der Waals surface area contributed by atoms with Crippen molar-refractivity contribution >= 4 is 0 Å². The minimum absolute atomic E-state index is 0.333. The minimum Gasteiger partial charge on any atom is -0.396 e. The maximum Gasteiger partial charge on any atom is 0.0456 e. The summed E-state index contributed by atoms with van der Waals surface area (Å²) in [4.78, 5) is 0. The van der Waals surface area contributed by atoms with Gasteiger partial charge in [0.2, 0.25) is 0 Å². The molecule has 0 saturated carbocycles. The molecule has 1 nitrogen and oxygen atoms in total. The van der Waals surface area contributed by atoms with Crippen LogP contribution in [0.4, 0.5) is 0 Å². The van der Waals surface area contributed by atoms with Gasteiger partial charge in [0.1, 0.15) is 0 Å². The van der Waals surface area contributed by atoms with Gasteiger partial charge in [-0.3, -0.25) is 0 Å². The van der Waals surface area contributed by atoms with Crippen LogP contribution in [0.1, 0.15) is 47.0 Å². The normalized spacial score (nSPS) is 27.5. The first-order valence-electron chi connectivity index (χ1n) is 5.76. The highest BCUT2D eigenvalue weighted by Crippen LogP contribution is 2.45. The van der Waals surface area contributed by atoms with Gasteiger partial charge in [-0.05, 0) is 43.4 Å². The summed E-state index contributed by atoms with van der Waals surface area (Å²) in [6.45, 7) is 9.40. The summed E-state index contributed by atoms with van der Waals surface area (Å²) >= 11 is 0. The lowest BCUT2D eigenvalue weighted by Crippen LogP contribution is -2.21. The molecule has 2 atom stereocenters. The molecule has 0 aromatic carbocycles. The van der Waals surface area contributed by atoms with Crippen LogP contribution in [0.5, 0.6) is 0 Å². The van der Waals surface area contributed by atoms with E-state index in [0.717, 1.165) is 12.3 Å². The molecule has 82 valence electrons. The van der Waals surface area contributed by atoms with E-state index < -0.39 is 0 Å². The van der Waals surface area contributed by atoms with Gasteiger partial charge in [-0.25, -0.2) is 0 Å². The maximum atomic E-state index is 8.98. The van der Waals surface area contributed by atoms with E-state index in [1.807, 2.05) is 0 Å². The van der Waals surface area contributed by atoms with E-state index >= 15 is 0 Å². The molecule has 0 fully saturated rings. The Morgan fingerprint density at radius 2 is 2.21 bits per heavy atom. The molecular weight excluding hydrogens is 172 g/mol. The van der Waals surface area contributed by atoms with Crippen LogP contribution < -0.4 is 0 Å². The first-order valence-corrected chi connectivity index (χ1v) is 5.76. The van der Waals surface area contributed by atoms with E-state index in [1.165, 1.54) is 12.8 Å². The summed E-state index contributed by atoms with van der Waals surface area (Å²) in [5, 5.41) is 8.98. The average molecular weight is 196 g/mol. The van der Waals surface area contributed by atoms with Crippen LogP contribution in [0.15, 0.2) is 11.6 Å². The van der Waals surface area contributed by atoms with Crippen LogP contribution in [0.3, 0.4) is 0 Å². The molecule has 1 heteroatoms. The number of allylic oxidation sites excluding steroid dienone is 2. The van der Waals surface area contributed by atoms with Crippen LogP contribution in [-0.4, -0.2) is 11.7 Å². The van der Waals surface area contributed by atoms with Gasteiger partial charge in [0.05, 0.1) is 0 Å². The standard InChI is InChI=1S/C13H24O/c1-10(9-14)5-7-12-8-6-11(2)13(12,3)4/h6,10,12,14H,5,7-9H2,1-4H3/t10-,12+/m1/s1. The van der Waals surface area contributed by atoms with Gasteiger partial charge in [0, 0.05) is 6.61 Å². The van der Waals surface area contributed by atoms with E-state index in [0.29, 0.717) is 17.9 Å². The van der Waals surface area contributed by atoms with Gasteiger partial charge >= 0.3 is 0 Å². The van der Waals surface area contributed by atoms with Crippen molar-refractivity contribution in [2.24, 2.45) is 17.3 Å². The molecule has 1 aliphatic rings. The van der Waals surface area contributed by atoms with Crippen LogP contribution in [-0.2, 0) is 0 Å². The second kappa shape index (κ2) is 4.48. The van der Waals surface area contributed by atoms with Gasteiger partial charge in [0.25, 0.3) is 0 Å². The molecule has 0 amide bonds. The van der Waals surface area contributed by atoms with E-state index in [2.05, 4.69) is 33.8 Å². The van der Waals surface area contributed by atoms with E-state index in [9.17, 15) is 0 Å². The zero-order valence-corrected chi connectivity index (χ0v) is 10.0. The molecule has 0 aliphatic heterocycles. The molecule has 0 spiro atoms. The molecule has 0 aromatic rings. The molecule has 0 radical (unpaired) electrons. The maximum absolute atomic E-state index is 8.98. The molecule has 0 heterocycles. The van der Waals surface area contributed by atoms with Crippen molar-refractivity contribution in [2.45, 2.75) is 47.0 Å². The van der Waals surface area contributed by atoms with Gasteiger partial charge < -0.3 is 5.11 Å². The molecule has 0 unspecified atom stereocenters. The Hall–Kier alpha value is -0.300. The highest BCUT2D eigenvalue weighted by atomic mass is 16.3. The minimum atomic E-state index is 0.333. The molecular formula is C13H24O. The zero-order valence-electron chi connectivity index (χ0n) is 10.0. The second-order valence-corrected chi connectivity index (χ2v) is 5.41. The summed E-state index contributed by atoms with van der Waals surface area (Å²) in [7, 11) is 0. The van der Waals surface area contributed by atoms with Crippen LogP contribution in [0, 0.1) is 17.3 Å². The Bertz CT molecular complexity index is 215. The SMILES string of the molecule is CC1=CC[C@H](CC[C@@H](C)CO)C1(C)C. The molecule has 1 rings (SSSR count). The van der Waals surface area contributed by atoms with Gasteiger partial charge in [0.15, 0.2) is 0 Å². The Labute approximate surface area is 88.2 Å². The number of hydrogen-bond donors (Lipinski definition) is 1. The fraction of sp³-hybridized carbons (Fsp3) is 0.846. The average Bonchev–Trinajstić information content (AvgIpc) is 2.39. The third kappa shape index (κ3) is 2.38. The van der Waals surface area contributed by atoms with Crippen molar-refractivity contribution in [3.05, 3.63) is 11.6 Å². The van der Waals surface area contributed by atoms with Crippen molar-refractivity contribution in [2.75, 3.05) is 6.61 Å². The van der Waals surface area contributed by atoms with Crippen molar-refractivity contribution in [1.29, 1.82) is 0 Å². The van der Waals surface area contributed by atoms with E-state index in [1.54, 1.807) is 5.57 Å². The first kappa shape index (κ1) is 11.8. The third-order valence-electron chi connectivity index (χ3n) is 4.07. The molecule has 1 aliphatic carbocycles. The van der Waals surface area contributed by atoms with Crippen molar-refractivity contribution < 1.29 is 5.11 Å². The summed E-state index contributed by atoms with van der Waals surface area (Å²) in [5.74, 6) is 1.25. The first-order chi connectivity index (χ1) is 6.48. The molecule has 14 heavy (non-hydrogen) atoms. The topological polar surface area (TPSA) is 20.2 Å². The lowest BCUT2D eigenvalue weighted by Gasteiger charge is -2.30. The fourth-order valence-corrected chi connectivity index (χ4v) is 2.25.